The summed E-state index contributed by atoms with van der Waals surface area (Å²) in [6.07, 6.45) is 2.39. The van der Waals surface area contributed by atoms with Crippen molar-refractivity contribution in [3.63, 3.8) is 0 Å². The lowest BCUT2D eigenvalue weighted by atomic mass is 10.2. The van der Waals surface area contributed by atoms with Crippen LogP contribution in [0.15, 0.2) is 18.3 Å². The fourth-order valence-corrected chi connectivity index (χ4v) is 2.10. The number of hydrogen-bond donors (Lipinski definition) is 0. The van der Waals surface area contributed by atoms with E-state index in [0.717, 1.165) is 17.7 Å². The van der Waals surface area contributed by atoms with E-state index in [1.54, 1.807) is 23.0 Å². The molecule has 0 aliphatic carbocycles. The predicted molar refractivity (Wildman–Crippen MR) is 63.1 cm³/mol. The van der Waals surface area contributed by atoms with E-state index in [4.69, 9.17) is 23.2 Å². The van der Waals surface area contributed by atoms with Crippen LogP contribution in [0.1, 0.15) is 18.2 Å². The van der Waals surface area contributed by atoms with Crippen molar-refractivity contribution in [2.75, 3.05) is 0 Å². The molecule has 2 aromatic rings. The summed E-state index contributed by atoms with van der Waals surface area (Å²) < 4.78 is 1.56. The predicted octanol–water partition coefficient (Wildman–Crippen LogP) is 2.62. The lowest BCUT2D eigenvalue weighted by Crippen LogP contribution is -2.00. The summed E-state index contributed by atoms with van der Waals surface area (Å²) in [5.41, 5.74) is 1.75. The molecule has 0 N–H and O–H groups in total. The third-order valence-corrected chi connectivity index (χ3v) is 2.90. The number of halogens is 2. The highest BCUT2D eigenvalue weighted by atomic mass is 35.5. The third kappa shape index (κ3) is 1.90. The molecule has 2 rings (SSSR count). The smallest absolute Gasteiger partial charge is 0.177 e. The van der Waals surface area contributed by atoms with Crippen LogP contribution in [0.3, 0.4) is 0 Å². The van der Waals surface area contributed by atoms with Gasteiger partial charge in [0, 0.05) is 11.8 Å². The van der Waals surface area contributed by atoms with Gasteiger partial charge in [-0.2, -0.15) is 10.2 Å². The summed E-state index contributed by atoms with van der Waals surface area (Å²) in [5.74, 6) is 0.945. The van der Waals surface area contributed by atoms with Gasteiger partial charge in [0.2, 0.25) is 0 Å². The molecular weight excluding hydrogens is 247 g/mol. The molecule has 6 heteroatoms. The molecule has 2 heterocycles. The van der Waals surface area contributed by atoms with E-state index in [-0.39, 0.29) is 0 Å². The minimum Gasteiger partial charge on any atom is -0.201 e. The first-order valence-corrected chi connectivity index (χ1v) is 5.79. The zero-order valence-electron chi connectivity index (χ0n) is 8.69. The molecule has 0 amide bonds. The average molecular weight is 257 g/mol. The Morgan fingerprint density at radius 3 is 2.75 bits per heavy atom. The molecule has 0 saturated heterocycles. The molecule has 0 atom stereocenters. The van der Waals surface area contributed by atoms with Crippen LogP contribution in [0.5, 0.6) is 0 Å². The Morgan fingerprint density at radius 2 is 2.25 bits per heavy atom. The standard InChI is InChI=1S/C10H10Cl2N4/c1-2-8-7(6-11)10(12)16(15-8)9-4-3-5-13-14-9/h3-5H,2,6H2,1H3. The highest BCUT2D eigenvalue weighted by Gasteiger charge is 2.15. The normalized spacial score (nSPS) is 10.7. The molecule has 0 aromatic carbocycles. The Morgan fingerprint density at radius 1 is 1.44 bits per heavy atom. The van der Waals surface area contributed by atoms with Gasteiger partial charge in [-0.25, -0.2) is 4.68 Å². The lowest BCUT2D eigenvalue weighted by molar-refractivity contribution is 0.792. The minimum atomic E-state index is 0.349. The van der Waals surface area contributed by atoms with Crippen LogP contribution < -0.4 is 0 Å². The van der Waals surface area contributed by atoms with Crippen LogP contribution in [0.25, 0.3) is 5.82 Å². The maximum absolute atomic E-state index is 6.19. The van der Waals surface area contributed by atoms with Crippen LogP contribution in [0.4, 0.5) is 0 Å². The van der Waals surface area contributed by atoms with Crippen LogP contribution in [0, 0.1) is 0 Å². The summed E-state index contributed by atoms with van der Waals surface area (Å²) in [5, 5.41) is 12.6. The maximum atomic E-state index is 6.19. The van der Waals surface area contributed by atoms with Gasteiger partial charge in [-0.05, 0) is 18.6 Å². The minimum absolute atomic E-state index is 0.349. The summed E-state index contributed by atoms with van der Waals surface area (Å²) in [7, 11) is 0. The second-order valence-electron chi connectivity index (χ2n) is 3.20. The van der Waals surface area contributed by atoms with Crippen molar-refractivity contribution in [2.45, 2.75) is 19.2 Å². The molecule has 0 spiro atoms. The van der Waals surface area contributed by atoms with Gasteiger partial charge in [0.05, 0.1) is 11.6 Å². The highest BCUT2D eigenvalue weighted by molar-refractivity contribution is 6.31. The number of rotatable bonds is 3. The molecule has 0 saturated carbocycles. The van der Waals surface area contributed by atoms with Crippen molar-refractivity contribution >= 4 is 23.2 Å². The van der Waals surface area contributed by atoms with E-state index >= 15 is 0 Å². The second kappa shape index (κ2) is 4.80. The van der Waals surface area contributed by atoms with Crippen molar-refractivity contribution in [3.05, 3.63) is 34.7 Å². The number of aryl methyl sites for hydroxylation is 1. The molecule has 16 heavy (non-hydrogen) atoms. The van der Waals surface area contributed by atoms with Crippen molar-refractivity contribution in [3.8, 4) is 5.82 Å². The SMILES string of the molecule is CCc1nn(-c2cccnn2)c(Cl)c1CCl. The van der Waals surface area contributed by atoms with E-state index in [9.17, 15) is 0 Å². The van der Waals surface area contributed by atoms with Gasteiger partial charge in [0.1, 0.15) is 5.15 Å². The van der Waals surface area contributed by atoms with E-state index in [2.05, 4.69) is 15.3 Å². The Bertz CT molecular complexity index is 481. The fraction of sp³-hybridized carbons (Fsp3) is 0.300. The molecule has 0 unspecified atom stereocenters. The van der Waals surface area contributed by atoms with Crippen LogP contribution >= 0.6 is 23.2 Å². The van der Waals surface area contributed by atoms with Gasteiger partial charge in [-0.1, -0.05) is 18.5 Å². The Balaban J connectivity index is 2.54. The zero-order chi connectivity index (χ0) is 11.5. The van der Waals surface area contributed by atoms with Crippen molar-refractivity contribution in [1.29, 1.82) is 0 Å². The number of alkyl halides is 1. The summed E-state index contributed by atoms with van der Waals surface area (Å²) in [4.78, 5) is 0. The van der Waals surface area contributed by atoms with Gasteiger partial charge >= 0.3 is 0 Å². The van der Waals surface area contributed by atoms with Gasteiger partial charge < -0.3 is 0 Å². The van der Waals surface area contributed by atoms with Gasteiger partial charge in [-0.3, -0.25) is 0 Å². The maximum Gasteiger partial charge on any atom is 0.177 e. The number of hydrogen-bond acceptors (Lipinski definition) is 3. The second-order valence-corrected chi connectivity index (χ2v) is 3.82. The summed E-state index contributed by atoms with van der Waals surface area (Å²) in [6, 6.07) is 3.58. The third-order valence-electron chi connectivity index (χ3n) is 2.25. The number of nitrogens with zero attached hydrogens (tertiary/aromatic N) is 4. The molecule has 4 nitrogen and oxygen atoms in total. The highest BCUT2D eigenvalue weighted by Crippen LogP contribution is 2.24. The Labute approximate surface area is 103 Å². The molecule has 0 radical (unpaired) electrons. The summed E-state index contributed by atoms with van der Waals surface area (Å²) in [6.45, 7) is 2.01. The van der Waals surface area contributed by atoms with Gasteiger partial charge in [0.15, 0.2) is 5.82 Å². The first-order chi connectivity index (χ1) is 7.77. The Kier molecular flexibility index (Phi) is 3.41. The van der Waals surface area contributed by atoms with Crippen LogP contribution in [-0.4, -0.2) is 20.0 Å². The molecule has 0 fully saturated rings. The Hall–Kier alpha value is -1.13. The van der Waals surface area contributed by atoms with Crippen LogP contribution in [0.2, 0.25) is 5.15 Å². The molecule has 84 valence electrons. The molecular formula is C10H10Cl2N4. The van der Waals surface area contributed by atoms with E-state index < -0.39 is 0 Å². The molecule has 0 aliphatic heterocycles. The van der Waals surface area contributed by atoms with Crippen LogP contribution in [-0.2, 0) is 12.3 Å². The largest absolute Gasteiger partial charge is 0.201 e. The molecule has 0 bridgehead atoms. The number of aromatic nitrogens is 4. The first-order valence-electron chi connectivity index (χ1n) is 4.88. The monoisotopic (exact) mass is 256 g/mol. The van der Waals surface area contributed by atoms with E-state index in [1.807, 2.05) is 6.92 Å². The van der Waals surface area contributed by atoms with Crippen molar-refractivity contribution in [1.82, 2.24) is 20.0 Å². The topological polar surface area (TPSA) is 43.6 Å². The first kappa shape index (κ1) is 11.4. The van der Waals surface area contributed by atoms with E-state index in [1.165, 1.54) is 0 Å². The molecule has 2 aromatic heterocycles. The van der Waals surface area contributed by atoms with Crippen molar-refractivity contribution < 1.29 is 0 Å². The van der Waals surface area contributed by atoms with Gasteiger partial charge in [-0.15, -0.1) is 16.7 Å². The zero-order valence-corrected chi connectivity index (χ0v) is 10.2. The quantitative estimate of drug-likeness (QED) is 0.794. The van der Waals surface area contributed by atoms with Crippen molar-refractivity contribution in [2.24, 2.45) is 0 Å². The van der Waals surface area contributed by atoms with Gasteiger partial charge in [0.25, 0.3) is 0 Å². The lowest BCUT2D eigenvalue weighted by Gasteiger charge is -1.99. The molecule has 0 aliphatic rings. The van der Waals surface area contributed by atoms with E-state index in [0.29, 0.717) is 16.9 Å². The summed E-state index contributed by atoms with van der Waals surface area (Å²) >= 11 is 12.0. The average Bonchev–Trinajstić information content (AvgIpc) is 2.66. The fourth-order valence-electron chi connectivity index (χ4n) is 1.45.